The Morgan fingerprint density at radius 2 is 1.97 bits per heavy atom. The van der Waals surface area contributed by atoms with Crippen molar-refractivity contribution < 1.29 is 23.1 Å². The maximum Gasteiger partial charge on any atom is 0.359 e. The lowest BCUT2D eigenvalue weighted by atomic mass is 10.1. The number of nitrogens with zero attached hydrogens (tertiary/aromatic N) is 3. The molecular formula is C24H18FN4O4+. The first-order valence-corrected chi connectivity index (χ1v) is 10.3. The zero-order valence-electron chi connectivity index (χ0n) is 17.3. The number of nitro benzene ring substituents is 1. The quantitative estimate of drug-likeness (QED) is 0.274. The van der Waals surface area contributed by atoms with Crippen molar-refractivity contribution in [1.82, 2.24) is 4.98 Å². The lowest BCUT2D eigenvalue weighted by Gasteiger charge is -2.07. The average molecular weight is 445 g/mol. The number of carbonyl (C=O) groups excluding carboxylic acids is 1. The molecule has 1 unspecified atom stereocenters. The van der Waals surface area contributed by atoms with Gasteiger partial charge in [0.25, 0.3) is 0 Å². The first-order valence-electron chi connectivity index (χ1n) is 10.3. The summed E-state index contributed by atoms with van der Waals surface area (Å²) >= 11 is 0. The Labute approximate surface area is 187 Å². The lowest BCUT2D eigenvalue weighted by Crippen LogP contribution is -2.44. The van der Waals surface area contributed by atoms with Crippen molar-refractivity contribution >= 4 is 17.4 Å². The van der Waals surface area contributed by atoms with Crippen molar-refractivity contribution in [3.05, 3.63) is 106 Å². The van der Waals surface area contributed by atoms with Crippen LogP contribution in [0.15, 0.2) is 77.5 Å². The number of furan rings is 1. The van der Waals surface area contributed by atoms with Crippen LogP contribution >= 0.6 is 0 Å². The monoisotopic (exact) mass is 445 g/mol. The number of nitro groups is 1. The fourth-order valence-electron chi connectivity index (χ4n) is 3.91. The van der Waals surface area contributed by atoms with Gasteiger partial charge in [0.1, 0.15) is 23.3 Å². The second kappa shape index (κ2) is 8.27. The minimum atomic E-state index is -0.932. The zero-order chi connectivity index (χ0) is 22.9. The van der Waals surface area contributed by atoms with E-state index in [1.54, 1.807) is 18.4 Å². The maximum atomic E-state index is 13.9. The highest BCUT2D eigenvalue weighted by Gasteiger charge is 2.41. The number of hydrogen-bond donors (Lipinski definition) is 1. The number of halogens is 1. The Bertz CT molecular complexity index is 1360. The van der Waals surface area contributed by atoms with Crippen LogP contribution in [0.5, 0.6) is 0 Å². The number of anilines is 1. The number of fused-ring (bicyclic) bond motifs is 1. The van der Waals surface area contributed by atoms with Crippen LogP contribution in [0.3, 0.4) is 0 Å². The van der Waals surface area contributed by atoms with Crippen LogP contribution in [0.25, 0.3) is 11.3 Å². The Morgan fingerprint density at radius 1 is 1.15 bits per heavy atom. The molecule has 2 aromatic heterocycles. The topological polar surface area (TPSA) is 102 Å². The van der Waals surface area contributed by atoms with Gasteiger partial charge in [-0.3, -0.25) is 15.4 Å². The summed E-state index contributed by atoms with van der Waals surface area (Å²) in [5, 5.41) is 14.5. The number of carbonyl (C=O) groups is 1. The van der Waals surface area contributed by atoms with E-state index < -0.39 is 22.5 Å². The Kier molecular flexibility index (Phi) is 5.14. The molecule has 0 spiro atoms. The predicted octanol–water partition coefficient (Wildman–Crippen LogP) is 3.94. The maximum absolute atomic E-state index is 13.9. The van der Waals surface area contributed by atoms with Crippen LogP contribution in [0.1, 0.15) is 21.8 Å². The molecule has 1 N–H and O–H groups in total. The molecule has 0 amide bonds. The number of aromatic nitrogens is 2. The zero-order valence-corrected chi connectivity index (χ0v) is 17.3. The van der Waals surface area contributed by atoms with E-state index in [0.717, 1.165) is 17.7 Å². The summed E-state index contributed by atoms with van der Waals surface area (Å²) in [5.41, 5.74) is 1.61. The molecule has 1 atom stereocenters. The summed E-state index contributed by atoms with van der Waals surface area (Å²) in [4.78, 5) is 28.3. The molecule has 0 fully saturated rings. The van der Waals surface area contributed by atoms with Gasteiger partial charge in [0.2, 0.25) is 11.9 Å². The molecule has 0 saturated carbocycles. The van der Waals surface area contributed by atoms with Crippen LogP contribution in [-0.4, -0.2) is 21.9 Å². The van der Waals surface area contributed by atoms with Crippen molar-refractivity contribution in [2.75, 3.05) is 5.32 Å². The van der Waals surface area contributed by atoms with Crippen LogP contribution in [0.2, 0.25) is 0 Å². The standard InChI is InChI=1S/C24H17FN4O4/c25-18-9-8-16(12-22(18)29(31)32)21-14-28-23(19(26-21)11-15-5-2-1-3-6-15)27-20(24(28)30)13-17-7-4-10-33-17/h1-10,12,14,20H,11,13H2/p+1. The van der Waals surface area contributed by atoms with Gasteiger partial charge in [0.05, 0.1) is 17.6 Å². The summed E-state index contributed by atoms with van der Waals surface area (Å²) < 4.78 is 20.7. The van der Waals surface area contributed by atoms with E-state index in [1.807, 2.05) is 30.3 Å². The van der Waals surface area contributed by atoms with Gasteiger partial charge in [0, 0.05) is 18.1 Å². The largest absolute Gasteiger partial charge is 0.469 e. The lowest BCUT2D eigenvalue weighted by molar-refractivity contribution is -0.552. The number of rotatable bonds is 6. The molecule has 8 nitrogen and oxygen atoms in total. The fraction of sp³-hybridized carbons (Fsp3) is 0.125. The number of benzene rings is 2. The third kappa shape index (κ3) is 3.96. The molecule has 0 saturated heterocycles. The van der Waals surface area contributed by atoms with Crippen molar-refractivity contribution in [2.45, 2.75) is 18.9 Å². The molecular weight excluding hydrogens is 427 g/mol. The van der Waals surface area contributed by atoms with E-state index >= 15 is 0 Å². The summed E-state index contributed by atoms with van der Waals surface area (Å²) in [6, 6.07) is 16.2. The van der Waals surface area contributed by atoms with Gasteiger partial charge in [-0.2, -0.15) is 8.96 Å². The number of hydrogen-bond acceptors (Lipinski definition) is 6. The SMILES string of the molecule is O=C1C(Cc2ccco2)Nc2c(Cc3ccccc3)nc(-c3ccc(F)c([N+](=O)[O-])c3)c[n+]21. The highest BCUT2D eigenvalue weighted by molar-refractivity contribution is 5.82. The molecule has 5 rings (SSSR count). The van der Waals surface area contributed by atoms with Crippen LogP contribution in [-0.2, 0) is 12.8 Å². The summed E-state index contributed by atoms with van der Waals surface area (Å²) in [6.07, 6.45) is 3.87. The van der Waals surface area contributed by atoms with Gasteiger partial charge in [-0.25, -0.2) is 9.78 Å². The van der Waals surface area contributed by atoms with E-state index in [0.29, 0.717) is 41.4 Å². The van der Waals surface area contributed by atoms with Crippen molar-refractivity contribution in [1.29, 1.82) is 0 Å². The van der Waals surface area contributed by atoms with Crippen molar-refractivity contribution in [3.63, 3.8) is 0 Å². The van der Waals surface area contributed by atoms with E-state index in [9.17, 15) is 19.3 Å². The smallest absolute Gasteiger partial charge is 0.359 e. The first-order chi connectivity index (χ1) is 16.0. The van der Waals surface area contributed by atoms with Gasteiger partial charge >= 0.3 is 17.4 Å². The van der Waals surface area contributed by atoms with Gasteiger partial charge in [0.15, 0.2) is 0 Å². The molecule has 0 bridgehead atoms. The predicted molar refractivity (Wildman–Crippen MR) is 116 cm³/mol. The molecule has 33 heavy (non-hydrogen) atoms. The fourth-order valence-corrected chi connectivity index (χ4v) is 3.91. The Morgan fingerprint density at radius 3 is 2.70 bits per heavy atom. The van der Waals surface area contributed by atoms with Gasteiger partial charge in [-0.05, 0) is 29.8 Å². The molecule has 2 aromatic carbocycles. The summed E-state index contributed by atoms with van der Waals surface area (Å²) in [6.45, 7) is 0. The van der Waals surface area contributed by atoms with Crippen molar-refractivity contribution in [3.8, 4) is 11.3 Å². The van der Waals surface area contributed by atoms with Gasteiger partial charge in [-0.15, -0.1) is 0 Å². The number of nitrogens with one attached hydrogen (secondary N) is 1. The van der Waals surface area contributed by atoms with Crippen LogP contribution in [0, 0.1) is 15.9 Å². The Balaban J connectivity index is 1.59. The molecule has 9 heteroatoms. The molecule has 0 aliphatic carbocycles. The first kappa shape index (κ1) is 20.5. The Hall–Kier alpha value is -4.40. The third-order valence-corrected chi connectivity index (χ3v) is 5.51. The van der Waals surface area contributed by atoms with E-state index in [2.05, 4.69) is 5.32 Å². The van der Waals surface area contributed by atoms with Gasteiger partial charge < -0.3 is 4.42 Å². The molecule has 1 aliphatic heterocycles. The van der Waals surface area contributed by atoms with Crippen molar-refractivity contribution in [2.24, 2.45) is 0 Å². The van der Waals surface area contributed by atoms with E-state index in [1.165, 1.54) is 16.8 Å². The van der Waals surface area contributed by atoms with E-state index in [4.69, 9.17) is 9.40 Å². The van der Waals surface area contributed by atoms with Gasteiger partial charge in [-0.1, -0.05) is 30.3 Å². The van der Waals surface area contributed by atoms with Crippen LogP contribution < -0.4 is 9.88 Å². The summed E-state index contributed by atoms with van der Waals surface area (Å²) in [7, 11) is 0. The van der Waals surface area contributed by atoms with Crippen LogP contribution in [0.4, 0.5) is 15.9 Å². The average Bonchev–Trinajstić information content (AvgIpc) is 3.43. The highest BCUT2D eigenvalue weighted by atomic mass is 19.1. The molecule has 0 radical (unpaired) electrons. The normalized spacial score (nSPS) is 14.7. The summed E-state index contributed by atoms with van der Waals surface area (Å²) in [5.74, 6) is 0.0938. The third-order valence-electron chi connectivity index (χ3n) is 5.51. The minimum Gasteiger partial charge on any atom is -0.469 e. The second-order valence-electron chi connectivity index (χ2n) is 7.70. The molecule has 4 aromatic rings. The molecule has 164 valence electrons. The molecule has 1 aliphatic rings. The second-order valence-corrected chi connectivity index (χ2v) is 7.70. The van der Waals surface area contributed by atoms with E-state index in [-0.39, 0.29) is 5.91 Å². The molecule has 3 heterocycles. The minimum absolute atomic E-state index is 0.198. The highest BCUT2D eigenvalue weighted by Crippen LogP contribution is 2.28.